The molecule has 0 bridgehead atoms. The summed E-state index contributed by atoms with van der Waals surface area (Å²) in [4.78, 5) is 0. The van der Waals surface area contributed by atoms with Crippen molar-refractivity contribution in [1.29, 1.82) is 0 Å². The van der Waals surface area contributed by atoms with Crippen LogP contribution in [0.15, 0.2) is 52.7 Å². The molecule has 5 heteroatoms. The summed E-state index contributed by atoms with van der Waals surface area (Å²) in [7, 11) is 4.26. The van der Waals surface area contributed by atoms with Gasteiger partial charge in [0.2, 0.25) is 0 Å². The predicted molar refractivity (Wildman–Crippen MR) is 112 cm³/mol. The minimum absolute atomic E-state index is 0.290. The molecule has 3 rings (SSSR count). The molecule has 5 nitrogen and oxygen atoms in total. The maximum Gasteiger partial charge on any atom is 0.183 e. The van der Waals surface area contributed by atoms with Gasteiger partial charge in [-0.25, -0.2) is 0 Å². The second-order valence-corrected chi connectivity index (χ2v) is 8.50. The van der Waals surface area contributed by atoms with Gasteiger partial charge in [0.1, 0.15) is 12.3 Å². The molecule has 28 heavy (non-hydrogen) atoms. The largest absolute Gasteiger partial charge is 0.507 e. The second kappa shape index (κ2) is 9.30. The van der Waals surface area contributed by atoms with Crippen LogP contribution in [0.1, 0.15) is 43.2 Å². The number of benzene rings is 2. The molecule has 2 aromatic rings. The number of nitrogens with zero attached hydrogens (tertiary/aromatic N) is 3. The Hall–Kier alpha value is -2.24. The van der Waals surface area contributed by atoms with E-state index in [0.29, 0.717) is 23.9 Å². The maximum atomic E-state index is 10.3. The normalized spacial score (nSPS) is 16.0. The molecule has 2 aromatic carbocycles. The first kappa shape index (κ1) is 20.5. The molecule has 0 aromatic heterocycles. The maximum absolute atomic E-state index is 10.3. The molecule has 1 N–H and O–H groups in total. The SMILES string of the molecule is Cc1ccc(N=Nc2ccc(O)c(C[N+](C)(C)COC3CCCCC3)c2)cc1. The van der Waals surface area contributed by atoms with Gasteiger partial charge in [0, 0.05) is 0 Å². The lowest BCUT2D eigenvalue weighted by atomic mass is 9.98. The van der Waals surface area contributed by atoms with E-state index in [4.69, 9.17) is 4.74 Å². The summed E-state index contributed by atoms with van der Waals surface area (Å²) in [6.45, 7) is 3.36. The van der Waals surface area contributed by atoms with Crippen molar-refractivity contribution < 1.29 is 14.3 Å². The van der Waals surface area contributed by atoms with Crippen LogP contribution in [-0.2, 0) is 11.3 Å². The van der Waals surface area contributed by atoms with Crippen molar-refractivity contribution in [2.75, 3.05) is 20.8 Å². The third-order valence-corrected chi connectivity index (χ3v) is 5.19. The first-order valence-electron chi connectivity index (χ1n) is 10.2. The van der Waals surface area contributed by atoms with E-state index < -0.39 is 0 Å². The van der Waals surface area contributed by atoms with Gasteiger partial charge in [-0.1, -0.05) is 37.0 Å². The Balaban J connectivity index is 1.63. The number of rotatable bonds is 7. The van der Waals surface area contributed by atoms with Crippen LogP contribution in [0.5, 0.6) is 5.75 Å². The average molecular weight is 383 g/mol. The van der Waals surface area contributed by atoms with Gasteiger partial charge in [-0.3, -0.25) is 0 Å². The molecule has 0 atom stereocenters. The molecule has 1 aliphatic carbocycles. The van der Waals surface area contributed by atoms with Crippen molar-refractivity contribution in [2.45, 2.75) is 51.7 Å². The van der Waals surface area contributed by atoms with Crippen LogP contribution >= 0.6 is 0 Å². The zero-order valence-corrected chi connectivity index (χ0v) is 17.3. The molecule has 1 aliphatic rings. The van der Waals surface area contributed by atoms with Crippen LogP contribution in [0.4, 0.5) is 11.4 Å². The van der Waals surface area contributed by atoms with Crippen LogP contribution in [0.25, 0.3) is 0 Å². The van der Waals surface area contributed by atoms with Gasteiger partial charge < -0.3 is 14.3 Å². The number of hydrogen-bond acceptors (Lipinski definition) is 4. The van der Waals surface area contributed by atoms with Crippen molar-refractivity contribution in [2.24, 2.45) is 10.2 Å². The van der Waals surface area contributed by atoms with Gasteiger partial charge in [-0.05, 0) is 50.1 Å². The fourth-order valence-corrected chi connectivity index (χ4v) is 3.53. The fourth-order valence-electron chi connectivity index (χ4n) is 3.53. The van der Waals surface area contributed by atoms with E-state index >= 15 is 0 Å². The summed E-state index contributed by atoms with van der Waals surface area (Å²) in [6.07, 6.45) is 6.59. The number of hydrogen-bond donors (Lipinski definition) is 1. The molecule has 0 radical (unpaired) electrons. The summed E-state index contributed by atoms with van der Waals surface area (Å²) in [6, 6.07) is 13.3. The summed E-state index contributed by atoms with van der Waals surface area (Å²) in [5.41, 5.74) is 3.61. The molecule has 0 spiro atoms. The molecule has 0 heterocycles. The summed E-state index contributed by atoms with van der Waals surface area (Å²) in [5.74, 6) is 0.290. The Morgan fingerprint density at radius 1 is 0.964 bits per heavy atom. The first-order chi connectivity index (χ1) is 13.4. The van der Waals surface area contributed by atoms with E-state index in [9.17, 15) is 5.11 Å². The number of azo groups is 1. The second-order valence-electron chi connectivity index (χ2n) is 8.50. The lowest BCUT2D eigenvalue weighted by molar-refractivity contribution is -0.923. The van der Waals surface area contributed by atoms with Crippen molar-refractivity contribution in [3.05, 3.63) is 53.6 Å². The van der Waals surface area contributed by atoms with Gasteiger partial charge in [-0.2, -0.15) is 10.2 Å². The highest BCUT2D eigenvalue weighted by molar-refractivity contribution is 5.47. The zero-order chi connectivity index (χ0) is 20.0. The third-order valence-electron chi connectivity index (χ3n) is 5.19. The summed E-state index contributed by atoms with van der Waals surface area (Å²) in [5, 5.41) is 18.9. The number of quaternary nitrogens is 1. The molecule has 1 fully saturated rings. The molecular formula is C23H32N3O2+. The molecule has 0 unspecified atom stereocenters. The number of aromatic hydroxyl groups is 1. The Bertz CT molecular complexity index is 794. The number of phenolic OH excluding ortho intramolecular Hbond substituents is 1. The van der Waals surface area contributed by atoms with E-state index in [1.165, 1.54) is 37.7 Å². The number of phenols is 1. The topological polar surface area (TPSA) is 54.2 Å². The molecule has 0 aliphatic heterocycles. The van der Waals surface area contributed by atoms with Gasteiger partial charge >= 0.3 is 0 Å². The smallest absolute Gasteiger partial charge is 0.183 e. The van der Waals surface area contributed by atoms with E-state index in [0.717, 1.165) is 16.9 Å². The van der Waals surface area contributed by atoms with Crippen molar-refractivity contribution >= 4 is 11.4 Å². The first-order valence-corrected chi connectivity index (χ1v) is 10.2. The van der Waals surface area contributed by atoms with Crippen LogP contribution in [0.2, 0.25) is 0 Å². The Morgan fingerprint density at radius 2 is 1.61 bits per heavy atom. The average Bonchev–Trinajstić information content (AvgIpc) is 2.69. The highest BCUT2D eigenvalue weighted by Crippen LogP contribution is 2.28. The van der Waals surface area contributed by atoms with Crippen LogP contribution in [-0.4, -0.2) is 36.5 Å². The lowest BCUT2D eigenvalue weighted by Crippen LogP contribution is -2.42. The zero-order valence-electron chi connectivity index (χ0n) is 17.3. The Labute approximate surface area is 168 Å². The number of aryl methyl sites for hydroxylation is 1. The fraction of sp³-hybridized carbons (Fsp3) is 0.478. The van der Waals surface area contributed by atoms with Crippen molar-refractivity contribution in [3.63, 3.8) is 0 Å². The van der Waals surface area contributed by atoms with Crippen LogP contribution < -0.4 is 0 Å². The highest BCUT2D eigenvalue weighted by Gasteiger charge is 2.22. The highest BCUT2D eigenvalue weighted by atomic mass is 16.5. The van der Waals surface area contributed by atoms with E-state index in [1.54, 1.807) is 12.1 Å². The Kier molecular flexibility index (Phi) is 6.81. The quantitative estimate of drug-likeness (QED) is 0.363. The van der Waals surface area contributed by atoms with Gasteiger partial charge in [-0.15, -0.1) is 0 Å². The van der Waals surface area contributed by atoms with Crippen molar-refractivity contribution in [1.82, 2.24) is 0 Å². The molecule has 0 amide bonds. The molecular weight excluding hydrogens is 350 g/mol. The molecule has 150 valence electrons. The minimum atomic E-state index is 0.290. The molecule has 0 saturated heterocycles. The van der Waals surface area contributed by atoms with Gasteiger partial charge in [0.25, 0.3) is 0 Å². The van der Waals surface area contributed by atoms with Crippen LogP contribution in [0.3, 0.4) is 0 Å². The van der Waals surface area contributed by atoms with Gasteiger partial charge in [0.05, 0.1) is 37.1 Å². The van der Waals surface area contributed by atoms with E-state index in [2.05, 4.69) is 24.3 Å². The lowest BCUT2D eigenvalue weighted by Gasteiger charge is -2.32. The van der Waals surface area contributed by atoms with E-state index in [-0.39, 0.29) is 5.75 Å². The van der Waals surface area contributed by atoms with Gasteiger partial charge in [0.15, 0.2) is 6.73 Å². The summed E-state index contributed by atoms with van der Waals surface area (Å²) < 4.78 is 6.81. The van der Waals surface area contributed by atoms with Crippen LogP contribution in [0, 0.1) is 6.92 Å². The monoisotopic (exact) mass is 382 g/mol. The number of ether oxygens (including phenoxy) is 1. The third kappa shape index (κ3) is 6.14. The van der Waals surface area contributed by atoms with E-state index in [1.807, 2.05) is 37.3 Å². The minimum Gasteiger partial charge on any atom is -0.507 e. The van der Waals surface area contributed by atoms with Crippen molar-refractivity contribution in [3.8, 4) is 5.75 Å². The molecule has 1 saturated carbocycles. The standard InChI is InChI=1S/C23H31N3O2/c1-18-9-11-20(12-10-18)24-25-21-13-14-23(27)19(15-21)16-26(2,3)17-28-22-7-5-4-6-8-22/h9-15,22H,4-8,16-17H2,1-3H3/p+1. The predicted octanol–water partition coefficient (Wildman–Crippen LogP) is 6.00. The Morgan fingerprint density at radius 3 is 2.32 bits per heavy atom. The summed E-state index contributed by atoms with van der Waals surface area (Å²) >= 11 is 0.